The number of hydrogen-bond acceptors (Lipinski definition) is 6. The van der Waals surface area contributed by atoms with E-state index in [4.69, 9.17) is 22.3 Å². The van der Waals surface area contributed by atoms with Crippen LogP contribution in [0, 0.1) is 10.1 Å². The van der Waals surface area contributed by atoms with Gasteiger partial charge in [-0.1, -0.05) is 24.6 Å². The molecule has 2 rings (SSSR count). The molecule has 0 spiro atoms. The average Bonchev–Trinajstić information content (AvgIpc) is 3.04. The number of nitrogens with two attached hydrogens (primary N) is 3. The van der Waals surface area contributed by atoms with Crippen molar-refractivity contribution in [1.82, 2.24) is 10.4 Å². The number of aliphatic carboxylic acids is 1. The lowest BCUT2D eigenvalue weighted by molar-refractivity contribution is -0.548. The van der Waals surface area contributed by atoms with Crippen molar-refractivity contribution < 1.29 is 19.7 Å². The number of carboxylic acids is 1. The number of amides is 1. The summed E-state index contributed by atoms with van der Waals surface area (Å²) in [6, 6.07) is 5.64. The minimum atomic E-state index is -1.25. The molecular formula is C17H26N6O5. The lowest BCUT2D eigenvalue weighted by Gasteiger charge is -2.08. The molecule has 2 atom stereocenters. The van der Waals surface area contributed by atoms with Crippen LogP contribution in [0.2, 0.25) is 0 Å². The van der Waals surface area contributed by atoms with Gasteiger partial charge in [-0.05, 0) is 31.0 Å². The lowest BCUT2D eigenvalue weighted by Crippen LogP contribution is -2.41. The Kier molecular flexibility index (Phi) is 9.40. The van der Waals surface area contributed by atoms with Crippen LogP contribution in [0.3, 0.4) is 0 Å². The first-order valence-corrected chi connectivity index (χ1v) is 8.69. The summed E-state index contributed by atoms with van der Waals surface area (Å²) in [5.41, 5.74) is 18.9. The highest BCUT2D eigenvalue weighted by Gasteiger charge is 2.23. The molecule has 28 heavy (non-hydrogen) atoms. The standard InChI is InChI=1S/C11H11N3O4.C6H15N3O/c15-11(16)10(13-14(17)18)5-7-6-12-9-4-2-1-3-8(7)9;7-4-2-1-3-5(8)6(9)10/h1-4,6,10,12-13H,5H2,(H,15,16);5H,1-4,7-8H2,(H2,9,10). The third-order valence-corrected chi connectivity index (χ3v) is 3.99. The number of nitrogens with zero attached hydrogens (tertiary/aromatic N) is 1. The molecule has 1 aromatic carbocycles. The lowest BCUT2D eigenvalue weighted by atomic mass is 10.1. The molecule has 0 saturated heterocycles. The zero-order valence-electron chi connectivity index (χ0n) is 15.3. The minimum Gasteiger partial charge on any atom is -0.480 e. The van der Waals surface area contributed by atoms with Gasteiger partial charge in [0.2, 0.25) is 5.91 Å². The molecule has 1 amide bonds. The number of primary amides is 1. The molecule has 2 unspecified atom stereocenters. The molecule has 0 aliphatic carbocycles. The predicted molar refractivity (Wildman–Crippen MR) is 104 cm³/mol. The molecule has 0 radical (unpaired) electrons. The number of carbonyl (C=O) groups is 2. The fraction of sp³-hybridized carbons (Fsp3) is 0.412. The van der Waals surface area contributed by atoms with E-state index in [2.05, 4.69) is 4.98 Å². The number of rotatable bonds is 10. The van der Waals surface area contributed by atoms with E-state index in [-0.39, 0.29) is 6.42 Å². The molecule has 1 heterocycles. The van der Waals surface area contributed by atoms with Gasteiger partial charge in [0.25, 0.3) is 0 Å². The van der Waals surface area contributed by atoms with Crippen LogP contribution in [0.1, 0.15) is 24.8 Å². The Labute approximate surface area is 161 Å². The third-order valence-electron chi connectivity index (χ3n) is 3.99. The van der Waals surface area contributed by atoms with Gasteiger partial charge in [0.1, 0.15) is 0 Å². The largest absolute Gasteiger partial charge is 0.480 e. The Morgan fingerprint density at radius 3 is 2.54 bits per heavy atom. The van der Waals surface area contributed by atoms with Crippen molar-refractivity contribution >= 4 is 22.8 Å². The summed E-state index contributed by atoms with van der Waals surface area (Å²) < 4.78 is 0. The Balaban J connectivity index is 0.000000336. The number of nitro groups is 1. The number of fused-ring (bicyclic) bond motifs is 1. The van der Waals surface area contributed by atoms with Gasteiger partial charge in [-0.2, -0.15) is 0 Å². The van der Waals surface area contributed by atoms with Gasteiger partial charge in [0, 0.05) is 23.5 Å². The molecule has 0 bridgehead atoms. The van der Waals surface area contributed by atoms with Crippen LogP contribution in [-0.2, 0) is 16.0 Å². The summed E-state index contributed by atoms with van der Waals surface area (Å²) in [6.07, 6.45) is 4.14. The summed E-state index contributed by atoms with van der Waals surface area (Å²) in [5, 5.41) is 19.3. The first kappa shape index (κ1) is 22.9. The molecule has 154 valence electrons. The molecular weight excluding hydrogens is 368 g/mol. The fourth-order valence-electron chi connectivity index (χ4n) is 2.49. The summed E-state index contributed by atoms with van der Waals surface area (Å²) in [7, 11) is 0. The molecule has 9 N–H and O–H groups in total. The minimum absolute atomic E-state index is 0.0420. The predicted octanol–water partition coefficient (Wildman–Crippen LogP) is -0.127. The quantitative estimate of drug-likeness (QED) is 0.181. The van der Waals surface area contributed by atoms with E-state index in [1.54, 1.807) is 11.6 Å². The Hall–Kier alpha value is -3.18. The van der Waals surface area contributed by atoms with Crippen LogP contribution in [0.15, 0.2) is 30.5 Å². The van der Waals surface area contributed by atoms with Crippen molar-refractivity contribution in [2.75, 3.05) is 6.54 Å². The van der Waals surface area contributed by atoms with E-state index in [1.165, 1.54) is 0 Å². The maximum Gasteiger partial charge on any atom is 0.332 e. The Morgan fingerprint density at radius 2 is 1.96 bits per heavy atom. The third kappa shape index (κ3) is 7.60. The number of carbonyl (C=O) groups excluding carboxylic acids is 1. The molecule has 2 aromatic rings. The number of para-hydroxylation sites is 1. The summed E-state index contributed by atoms with van der Waals surface area (Å²) >= 11 is 0. The highest BCUT2D eigenvalue weighted by molar-refractivity contribution is 5.84. The topological polar surface area (TPSA) is 203 Å². The van der Waals surface area contributed by atoms with E-state index >= 15 is 0 Å². The second-order valence-electron chi connectivity index (χ2n) is 6.13. The molecule has 0 aliphatic rings. The zero-order chi connectivity index (χ0) is 21.1. The summed E-state index contributed by atoms with van der Waals surface area (Å²) in [4.78, 5) is 34.6. The highest BCUT2D eigenvalue weighted by Crippen LogP contribution is 2.19. The van der Waals surface area contributed by atoms with E-state index in [0.717, 1.165) is 29.3 Å². The van der Waals surface area contributed by atoms with E-state index in [0.29, 0.717) is 13.0 Å². The van der Waals surface area contributed by atoms with E-state index in [1.807, 2.05) is 24.3 Å². The number of nitrogens with one attached hydrogen (secondary N) is 2. The number of benzene rings is 1. The number of aromatic nitrogens is 1. The first-order valence-electron chi connectivity index (χ1n) is 8.69. The number of aromatic amines is 1. The highest BCUT2D eigenvalue weighted by atomic mass is 16.7. The van der Waals surface area contributed by atoms with Gasteiger partial charge in [-0.25, -0.2) is 14.9 Å². The Morgan fingerprint density at radius 1 is 1.29 bits per heavy atom. The molecule has 0 aliphatic heterocycles. The van der Waals surface area contributed by atoms with Crippen molar-refractivity contribution in [1.29, 1.82) is 0 Å². The zero-order valence-corrected chi connectivity index (χ0v) is 15.3. The van der Waals surface area contributed by atoms with Crippen LogP contribution in [0.4, 0.5) is 0 Å². The van der Waals surface area contributed by atoms with Gasteiger partial charge in [0.15, 0.2) is 11.1 Å². The van der Waals surface area contributed by atoms with Crippen LogP contribution in [-0.4, -0.2) is 45.6 Å². The summed E-state index contributed by atoms with van der Waals surface area (Å²) in [5.74, 6) is -1.69. The van der Waals surface area contributed by atoms with Crippen LogP contribution >= 0.6 is 0 Å². The molecule has 1 aromatic heterocycles. The van der Waals surface area contributed by atoms with Crippen molar-refractivity contribution in [3.8, 4) is 0 Å². The van der Waals surface area contributed by atoms with Crippen molar-refractivity contribution in [3.05, 3.63) is 46.1 Å². The molecule has 0 fully saturated rings. The van der Waals surface area contributed by atoms with Crippen molar-refractivity contribution in [3.63, 3.8) is 0 Å². The smallest absolute Gasteiger partial charge is 0.332 e. The molecule has 11 nitrogen and oxygen atoms in total. The van der Waals surface area contributed by atoms with Gasteiger partial charge < -0.3 is 27.3 Å². The van der Waals surface area contributed by atoms with Crippen molar-refractivity contribution in [2.24, 2.45) is 17.2 Å². The van der Waals surface area contributed by atoms with E-state index in [9.17, 15) is 19.7 Å². The van der Waals surface area contributed by atoms with Crippen LogP contribution < -0.4 is 22.6 Å². The number of H-pyrrole nitrogens is 1. The van der Waals surface area contributed by atoms with Crippen LogP contribution in [0.5, 0.6) is 0 Å². The summed E-state index contributed by atoms with van der Waals surface area (Å²) in [6.45, 7) is 0.644. The second-order valence-corrected chi connectivity index (χ2v) is 6.13. The Bertz CT molecular complexity index is 793. The van der Waals surface area contributed by atoms with Gasteiger partial charge >= 0.3 is 5.97 Å². The number of unbranched alkanes of at least 4 members (excludes halogenated alkanes) is 1. The first-order chi connectivity index (χ1) is 13.3. The van der Waals surface area contributed by atoms with Gasteiger partial charge in [-0.3, -0.25) is 4.79 Å². The maximum absolute atomic E-state index is 10.9. The van der Waals surface area contributed by atoms with Crippen molar-refractivity contribution in [2.45, 2.75) is 37.8 Å². The number of hydrogen-bond donors (Lipinski definition) is 6. The normalized spacial score (nSPS) is 12.5. The fourth-order valence-corrected chi connectivity index (χ4v) is 2.49. The van der Waals surface area contributed by atoms with E-state index < -0.39 is 29.0 Å². The molecule has 0 saturated carbocycles. The van der Waals surface area contributed by atoms with Crippen LogP contribution in [0.25, 0.3) is 10.9 Å². The SMILES string of the molecule is NCCCCC(N)C(N)=O.O=C(O)C(Cc1c[nH]c2ccccc12)N[N+](=O)[O-]. The average molecular weight is 394 g/mol. The van der Waals surface area contributed by atoms with Gasteiger partial charge in [0.05, 0.1) is 6.04 Å². The van der Waals surface area contributed by atoms with Gasteiger partial charge in [-0.15, -0.1) is 5.43 Å². The molecule has 11 heteroatoms. The number of hydrazine groups is 1. The maximum atomic E-state index is 10.9. The second kappa shape index (κ2) is 11.5. The number of carboxylic acid groups (broad SMARTS) is 1. The monoisotopic (exact) mass is 394 g/mol.